The molecule has 0 aromatic heterocycles. The minimum atomic E-state index is -0.782. The number of rotatable bonds is 4. The first kappa shape index (κ1) is 11.4. The molecule has 2 nitrogen and oxygen atoms in total. The van der Waals surface area contributed by atoms with Crippen molar-refractivity contribution in [1.29, 1.82) is 0 Å². The number of halogens is 1. The van der Waals surface area contributed by atoms with Crippen molar-refractivity contribution in [3.05, 3.63) is 28.8 Å². The predicted octanol–water partition coefficient (Wildman–Crippen LogP) is 3.08. The minimum Gasteiger partial charge on any atom is -0.481 e. The highest BCUT2D eigenvalue weighted by atomic mass is 35.5. The lowest BCUT2D eigenvalue weighted by Crippen LogP contribution is -1.97. The van der Waals surface area contributed by atoms with Crippen LogP contribution in [0, 0.1) is 0 Å². The first-order valence-electron chi connectivity index (χ1n) is 4.17. The second kappa shape index (κ2) is 5.27. The van der Waals surface area contributed by atoms with Crippen LogP contribution in [0.3, 0.4) is 0 Å². The topological polar surface area (TPSA) is 37.3 Å². The summed E-state index contributed by atoms with van der Waals surface area (Å²) < 4.78 is 0. The second-order valence-electron chi connectivity index (χ2n) is 2.86. The molecule has 1 rings (SSSR count). The van der Waals surface area contributed by atoms with Gasteiger partial charge in [0.25, 0.3) is 0 Å². The van der Waals surface area contributed by atoms with E-state index in [4.69, 9.17) is 16.7 Å². The second-order valence-corrected chi connectivity index (χ2v) is 4.12. The van der Waals surface area contributed by atoms with Gasteiger partial charge in [0.1, 0.15) is 0 Å². The number of carboxylic acids is 1. The number of aryl methyl sites for hydroxylation is 1. The maximum Gasteiger partial charge on any atom is 0.303 e. The summed E-state index contributed by atoms with van der Waals surface area (Å²) in [6.45, 7) is 0. The molecular formula is C10H11ClO2S. The zero-order chi connectivity index (χ0) is 10.6. The maximum atomic E-state index is 10.3. The fraction of sp³-hybridized carbons (Fsp3) is 0.300. The number of thioether (sulfide) groups is 1. The van der Waals surface area contributed by atoms with E-state index in [2.05, 4.69) is 0 Å². The Morgan fingerprint density at radius 3 is 2.79 bits per heavy atom. The van der Waals surface area contributed by atoms with Crippen molar-refractivity contribution < 1.29 is 9.90 Å². The highest BCUT2D eigenvalue weighted by Gasteiger charge is 2.02. The smallest absolute Gasteiger partial charge is 0.303 e. The average Bonchev–Trinajstić information content (AvgIpc) is 2.15. The lowest BCUT2D eigenvalue weighted by Gasteiger charge is -2.03. The van der Waals surface area contributed by atoms with Gasteiger partial charge in [0, 0.05) is 11.3 Å². The molecule has 14 heavy (non-hydrogen) atoms. The van der Waals surface area contributed by atoms with Gasteiger partial charge >= 0.3 is 5.97 Å². The molecule has 0 saturated heterocycles. The van der Waals surface area contributed by atoms with Crippen LogP contribution in [0.15, 0.2) is 23.1 Å². The molecule has 1 aromatic rings. The van der Waals surface area contributed by atoms with Crippen LogP contribution in [0.4, 0.5) is 0 Å². The molecule has 0 aliphatic rings. The van der Waals surface area contributed by atoms with Gasteiger partial charge in [0.05, 0.1) is 5.02 Å². The Morgan fingerprint density at radius 1 is 1.57 bits per heavy atom. The Labute approximate surface area is 92.3 Å². The van der Waals surface area contributed by atoms with Crippen LogP contribution < -0.4 is 0 Å². The van der Waals surface area contributed by atoms with Crippen LogP contribution in [-0.2, 0) is 11.2 Å². The summed E-state index contributed by atoms with van der Waals surface area (Å²) >= 11 is 7.56. The van der Waals surface area contributed by atoms with E-state index >= 15 is 0 Å². The third-order valence-electron chi connectivity index (χ3n) is 1.84. The minimum absolute atomic E-state index is 0.148. The molecule has 0 spiro atoms. The van der Waals surface area contributed by atoms with Gasteiger partial charge in [0.2, 0.25) is 0 Å². The Kier molecular flexibility index (Phi) is 4.29. The van der Waals surface area contributed by atoms with Gasteiger partial charge < -0.3 is 5.11 Å². The third kappa shape index (κ3) is 3.24. The highest BCUT2D eigenvalue weighted by Crippen LogP contribution is 2.26. The van der Waals surface area contributed by atoms with Gasteiger partial charge in [-0.1, -0.05) is 17.7 Å². The highest BCUT2D eigenvalue weighted by molar-refractivity contribution is 7.98. The Balaban J connectivity index is 2.71. The van der Waals surface area contributed by atoms with Crippen molar-refractivity contribution in [2.45, 2.75) is 17.7 Å². The number of carboxylic acid groups (broad SMARTS) is 1. The molecular weight excluding hydrogens is 220 g/mol. The van der Waals surface area contributed by atoms with E-state index in [0.29, 0.717) is 11.4 Å². The molecule has 0 fully saturated rings. The van der Waals surface area contributed by atoms with Gasteiger partial charge in [-0.25, -0.2) is 0 Å². The van der Waals surface area contributed by atoms with E-state index in [0.717, 1.165) is 10.5 Å². The van der Waals surface area contributed by atoms with Crippen LogP contribution in [-0.4, -0.2) is 17.3 Å². The van der Waals surface area contributed by atoms with E-state index in [9.17, 15) is 4.79 Å². The zero-order valence-corrected chi connectivity index (χ0v) is 9.36. The number of benzene rings is 1. The molecule has 0 aliphatic heterocycles. The van der Waals surface area contributed by atoms with Crippen LogP contribution in [0.5, 0.6) is 0 Å². The fourth-order valence-corrected chi connectivity index (χ4v) is 2.01. The molecule has 4 heteroatoms. The van der Waals surface area contributed by atoms with E-state index < -0.39 is 5.97 Å². The summed E-state index contributed by atoms with van der Waals surface area (Å²) in [5, 5.41) is 9.20. The Morgan fingerprint density at radius 2 is 2.29 bits per heavy atom. The lowest BCUT2D eigenvalue weighted by molar-refractivity contribution is -0.136. The SMILES string of the molecule is CSc1ccc(CCC(=O)O)cc1Cl. The summed E-state index contributed by atoms with van der Waals surface area (Å²) in [7, 11) is 0. The molecule has 0 heterocycles. The van der Waals surface area contributed by atoms with E-state index in [1.807, 2.05) is 24.5 Å². The van der Waals surface area contributed by atoms with Gasteiger partial charge in [-0.3, -0.25) is 4.79 Å². The zero-order valence-electron chi connectivity index (χ0n) is 7.79. The summed E-state index contributed by atoms with van der Waals surface area (Å²) in [6, 6.07) is 5.67. The molecule has 1 aromatic carbocycles. The standard InChI is InChI=1S/C10H11ClO2S/c1-14-9-4-2-7(6-8(9)11)3-5-10(12)13/h2,4,6H,3,5H2,1H3,(H,12,13). The number of hydrogen-bond donors (Lipinski definition) is 1. The van der Waals surface area contributed by atoms with Gasteiger partial charge in [-0.2, -0.15) is 0 Å². The molecule has 0 aliphatic carbocycles. The van der Waals surface area contributed by atoms with E-state index in [1.165, 1.54) is 0 Å². The molecule has 0 atom stereocenters. The molecule has 0 amide bonds. The van der Waals surface area contributed by atoms with Gasteiger partial charge in [-0.15, -0.1) is 11.8 Å². The Bertz CT molecular complexity index is 339. The number of hydrogen-bond acceptors (Lipinski definition) is 2. The van der Waals surface area contributed by atoms with Gasteiger partial charge in [0.15, 0.2) is 0 Å². The van der Waals surface area contributed by atoms with Crippen molar-refractivity contribution in [1.82, 2.24) is 0 Å². The first-order valence-corrected chi connectivity index (χ1v) is 5.78. The normalized spacial score (nSPS) is 10.1. The van der Waals surface area contributed by atoms with Crippen molar-refractivity contribution in [3.63, 3.8) is 0 Å². The van der Waals surface area contributed by atoms with Crippen LogP contribution in [0.2, 0.25) is 5.02 Å². The average molecular weight is 231 g/mol. The molecule has 0 radical (unpaired) electrons. The molecule has 0 unspecified atom stereocenters. The summed E-state index contributed by atoms with van der Waals surface area (Å²) in [4.78, 5) is 11.4. The third-order valence-corrected chi connectivity index (χ3v) is 3.06. The predicted molar refractivity (Wildman–Crippen MR) is 59.2 cm³/mol. The van der Waals surface area contributed by atoms with Crippen molar-refractivity contribution in [3.8, 4) is 0 Å². The maximum absolute atomic E-state index is 10.3. The van der Waals surface area contributed by atoms with Crippen molar-refractivity contribution in [2.24, 2.45) is 0 Å². The molecule has 76 valence electrons. The monoisotopic (exact) mass is 230 g/mol. The van der Waals surface area contributed by atoms with E-state index in [1.54, 1.807) is 11.8 Å². The Hall–Kier alpha value is -0.670. The van der Waals surface area contributed by atoms with Crippen LogP contribution >= 0.6 is 23.4 Å². The van der Waals surface area contributed by atoms with Crippen molar-refractivity contribution >= 4 is 29.3 Å². The summed E-state index contributed by atoms with van der Waals surface area (Å²) in [5.41, 5.74) is 0.968. The first-order chi connectivity index (χ1) is 6.63. The molecule has 0 saturated carbocycles. The largest absolute Gasteiger partial charge is 0.481 e. The van der Waals surface area contributed by atoms with E-state index in [-0.39, 0.29) is 6.42 Å². The quantitative estimate of drug-likeness (QED) is 0.808. The van der Waals surface area contributed by atoms with Gasteiger partial charge in [-0.05, 0) is 30.4 Å². The lowest BCUT2D eigenvalue weighted by atomic mass is 10.1. The number of carbonyl (C=O) groups is 1. The summed E-state index contributed by atoms with van der Waals surface area (Å²) in [6.07, 6.45) is 2.64. The summed E-state index contributed by atoms with van der Waals surface area (Å²) in [5.74, 6) is -0.782. The molecule has 0 bridgehead atoms. The molecule has 1 N–H and O–H groups in total. The fourth-order valence-electron chi connectivity index (χ4n) is 1.12. The van der Waals surface area contributed by atoms with Crippen molar-refractivity contribution in [2.75, 3.05) is 6.26 Å². The number of aliphatic carboxylic acids is 1. The van der Waals surface area contributed by atoms with Crippen LogP contribution in [0.1, 0.15) is 12.0 Å². The van der Waals surface area contributed by atoms with Crippen LogP contribution in [0.25, 0.3) is 0 Å².